The minimum absolute atomic E-state index is 0.544. The van der Waals surface area contributed by atoms with Crippen LogP contribution in [0.3, 0.4) is 0 Å². The Morgan fingerprint density at radius 2 is 1.56 bits per heavy atom. The molecule has 0 N–H and O–H groups in total. The number of nitrogens with zero attached hydrogens (tertiary/aromatic N) is 2. The quantitative estimate of drug-likeness (QED) is 0.693. The summed E-state index contributed by atoms with van der Waals surface area (Å²) in [4.78, 5) is 0. The van der Waals surface area contributed by atoms with Crippen LogP contribution in [0.1, 0.15) is 43.2 Å². The lowest BCUT2D eigenvalue weighted by atomic mass is 9.69. The Bertz CT molecular complexity index is 764. The molecule has 2 fully saturated rings. The Labute approximate surface area is 164 Å². The van der Waals surface area contributed by atoms with Crippen molar-refractivity contribution in [3.05, 3.63) is 71.8 Å². The summed E-state index contributed by atoms with van der Waals surface area (Å²) in [7, 11) is 4.82. The predicted molar refractivity (Wildman–Crippen MR) is 110 cm³/mol. The van der Waals surface area contributed by atoms with E-state index >= 15 is 0 Å². The molecule has 3 unspecified atom stereocenters. The zero-order chi connectivity index (χ0) is 18.9. The fraction of sp³-hybridized carbons (Fsp3) is 0.480. The molecular weight excluding hydrogens is 328 g/mol. The summed E-state index contributed by atoms with van der Waals surface area (Å²) in [5.41, 5.74) is 1.74. The molecule has 1 aliphatic carbocycles. The second-order valence-electron chi connectivity index (χ2n) is 9.26. The minimum Gasteiger partial charge on any atom is -0.326 e. The molecule has 2 aromatic carbocycles. The first-order chi connectivity index (χ1) is 13.0. The van der Waals surface area contributed by atoms with Crippen LogP contribution < -0.4 is 0 Å². The topological polar surface area (TPSA) is 23.8 Å². The van der Waals surface area contributed by atoms with E-state index in [0.717, 1.165) is 34.0 Å². The van der Waals surface area contributed by atoms with E-state index in [0.29, 0.717) is 5.92 Å². The lowest BCUT2D eigenvalue weighted by molar-refractivity contribution is -0.923. The van der Waals surface area contributed by atoms with Gasteiger partial charge in [-0.05, 0) is 42.7 Å². The van der Waals surface area contributed by atoms with Crippen molar-refractivity contribution in [2.45, 2.75) is 43.6 Å². The van der Waals surface area contributed by atoms with Crippen LogP contribution >= 0.6 is 0 Å². The van der Waals surface area contributed by atoms with E-state index in [2.05, 4.69) is 68.7 Å². The molecule has 2 nitrogen and oxygen atoms in total. The second kappa shape index (κ2) is 7.13. The summed E-state index contributed by atoms with van der Waals surface area (Å²) in [5, 5.41) is 10.5. The molecule has 140 valence electrons. The van der Waals surface area contributed by atoms with Gasteiger partial charge in [0.25, 0.3) is 0 Å². The van der Waals surface area contributed by atoms with Gasteiger partial charge in [0.2, 0.25) is 0 Å². The van der Waals surface area contributed by atoms with Gasteiger partial charge in [0.1, 0.15) is 5.41 Å². The highest BCUT2D eigenvalue weighted by Crippen LogP contribution is 2.48. The number of benzene rings is 2. The van der Waals surface area contributed by atoms with Gasteiger partial charge in [-0.3, -0.25) is 0 Å². The minimum atomic E-state index is -0.544. The molecule has 0 aromatic heterocycles. The van der Waals surface area contributed by atoms with Crippen LogP contribution in [-0.2, 0) is 5.41 Å². The van der Waals surface area contributed by atoms with Crippen LogP contribution in [-0.4, -0.2) is 31.2 Å². The van der Waals surface area contributed by atoms with Crippen molar-refractivity contribution in [3.8, 4) is 6.07 Å². The maximum atomic E-state index is 10.5. The lowest BCUT2D eigenvalue weighted by Gasteiger charge is -2.43. The first-order valence-electron chi connectivity index (χ1n) is 10.4. The molecule has 1 heterocycles. The third-order valence-electron chi connectivity index (χ3n) is 7.28. The molecule has 2 aliphatic rings. The summed E-state index contributed by atoms with van der Waals surface area (Å²) >= 11 is 0. The third kappa shape index (κ3) is 3.30. The second-order valence-corrected chi connectivity index (χ2v) is 9.26. The molecule has 3 atom stereocenters. The number of fused-ring (bicyclic) bond motifs is 1. The van der Waals surface area contributed by atoms with Crippen LogP contribution in [0, 0.1) is 23.2 Å². The van der Waals surface area contributed by atoms with Gasteiger partial charge in [0.15, 0.2) is 0 Å². The molecular formula is C25H31N2+. The van der Waals surface area contributed by atoms with Gasteiger partial charge in [-0.2, -0.15) is 5.26 Å². The zero-order valence-corrected chi connectivity index (χ0v) is 16.6. The van der Waals surface area contributed by atoms with Gasteiger partial charge in [-0.15, -0.1) is 0 Å². The third-order valence-corrected chi connectivity index (χ3v) is 7.28. The Balaban J connectivity index is 1.68. The van der Waals surface area contributed by atoms with Crippen molar-refractivity contribution in [1.29, 1.82) is 5.26 Å². The highest BCUT2D eigenvalue weighted by Gasteiger charge is 2.48. The Kier molecular flexibility index (Phi) is 4.82. The largest absolute Gasteiger partial charge is 0.326 e. The zero-order valence-electron chi connectivity index (χ0n) is 16.6. The van der Waals surface area contributed by atoms with E-state index in [4.69, 9.17) is 0 Å². The maximum absolute atomic E-state index is 10.5. The van der Waals surface area contributed by atoms with E-state index in [1.807, 2.05) is 12.1 Å². The number of likely N-dealkylation sites (tertiary alicyclic amines) is 1. The maximum Gasteiger partial charge on any atom is 0.107 e. The Hall–Kier alpha value is -2.11. The normalized spacial score (nSPS) is 26.9. The summed E-state index contributed by atoms with van der Waals surface area (Å²) in [6.45, 7) is 1.30. The number of hydrogen-bond acceptors (Lipinski definition) is 1. The molecule has 1 saturated heterocycles. The number of hydrogen-bond donors (Lipinski definition) is 0. The van der Waals surface area contributed by atoms with Gasteiger partial charge >= 0.3 is 0 Å². The van der Waals surface area contributed by atoms with Gasteiger partial charge in [0, 0.05) is 12.3 Å². The van der Waals surface area contributed by atoms with Gasteiger partial charge in [0.05, 0.1) is 32.8 Å². The molecule has 0 bridgehead atoms. The van der Waals surface area contributed by atoms with Gasteiger partial charge in [-0.1, -0.05) is 60.7 Å². The van der Waals surface area contributed by atoms with Crippen molar-refractivity contribution in [2.24, 2.45) is 11.8 Å². The number of quaternary nitrogens is 1. The highest BCUT2D eigenvalue weighted by atomic mass is 15.3. The van der Waals surface area contributed by atoms with Crippen LogP contribution in [0.25, 0.3) is 0 Å². The molecule has 2 heteroatoms. The monoisotopic (exact) mass is 359 g/mol. The van der Waals surface area contributed by atoms with Crippen molar-refractivity contribution >= 4 is 0 Å². The van der Waals surface area contributed by atoms with E-state index < -0.39 is 5.41 Å². The van der Waals surface area contributed by atoms with E-state index in [1.54, 1.807) is 0 Å². The van der Waals surface area contributed by atoms with E-state index in [9.17, 15) is 5.26 Å². The molecule has 0 radical (unpaired) electrons. The summed E-state index contributed by atoms with van der Waals surface area (Å²) in [5.74, 6) is 1.46. The van der Waals surface area contributed by atoms with E-state index in [-0.39, 0.29) is 0 Å². The molecule has 1 saturated carbocycles. The molecule has 0 amide bonds. The van der Waals surface area contributed by atoms with Crippen LogP contribution in [0.15, 0.2) is 60.7 Å². The fourth-order valence-corrected chi connectivity index (χ4v) is 5.93. The van der Waals surface area contributed by atoms with E-state index in [1.165, 1.54) is 32.2 Å². The van der Waals surface area contributed by atoms with Crippen molar-refractivity contribution in [2.75, 3.05) is 20.6 Å². The Morgan fingerprint density at radius 1 is 0.963 bits per heavy atom. The standard InChI is InChI=1S/C25H31N2/c1-27(2)15-9-10-21-16-20(17-24(21)27)18-25(19-26,22-11-5-3-6-12-22)23-13-7-4-8-14-23/h3-8,11-14,20-21,24H,9-10,15-18H2,1-2H3/q+1. The number of piperidine rings is 1. The summed E-state index contributed by atoms with van der Waals surface area (Å²) < 4.78 is 1.16. The highest BCUT2D eigenvalue weighted by molar-refractivity contribution is 5.46. The van der Waals surface area contributed by atoms with Crippen molar-refractivity contribution < 1.29 is 4.48 Å². The smallest absolute Gasteiger partial charge is 0.107 e. The number of nitriles is 1. The average Bonchev–Trinajstić information content (AvgIpc) is 3.12. The van der Waals surface area contributed by atoms with Crippen LogP contribution in [0.4, 0.5) is 0 Å². The van der Waals surface area contributed by atoms with Gasteiger partial charge < -0.3 is 4.48 Å². The summed E-state index contributed by atoms with van der Waals surface area (Å²) in [6, 6.07) is 24.4. The first kappa shape index (κ1) is 18.3. The fourth-order valence-electron chi connectivity index (χ4n) is 5.93. The average molecular weight is 360 g/mol. The molecule has 1 aliphatic heterocycles. The predicted octanol–water partition coefficient (Wildman–Crippen LogP) is 5.15. The SMILES string of the molecule is C[N+]1(C)CCCC2CC(CC(C#N)(c3ccccc3)c3ccccc3)CC21. The molecule has 4 rings (SSSR count). The van der Waals surface area contributed by atoms with Crippen LogP contribution in [0.2, 0.25) is 0 Å². The Morgan fingerprint density at radius 3 is 2.07 bits per heavy atom. The van der Waals surface area contributed by atoms with Crippen LogP contribution in [0.5, 0.6) is 0 Å². The number of rotatable bonds is 4. The molecule has 27 heavy (non-hydrogen) atoms. The lowest BCUT2D eigenvalue weighted by Crippen LogP contribution is -2.54. The van der Waals surface area contributed by atoms with Crippen molar-refractivity contribution in [3.63, 3.8) is 0 Å². The first-order valence-corrected chi connectivity index (χ1v) is 10.4. The van der Waals surface area contributed by atoms with Gasteiger partial charge in [-0.25, -0.2) is 0 Å². The molecule has 2 aromatic rings. The summed E-state index contributed by atoms with van der Waals surface area (Å²) in [6.07, 6.45) is 6.21. The van der Waals surface area contributed by atoms with Crippen molar-refractivity contribution in [1.82, 2.24) is 0 Å². The molecule has 0 spiro atoms.